The summed E-state index contributed by atoms with van der Waals surface area (Å²) in [6.45, 7) is 2.09. The molecule has 19 heavy (non-hydrogen) atoms. The van der Waals surface area contributed by atoms with E-state index < -0.39 is 0 Å². The quantitative estimate of drug-likeness (QED) is 0.678. The fourth-order valence-corrected chi connectivity index (χ4v) is 2.19. The minimum absolute atomic E-state index is 0.850. The average Bonchev–Trinajstić information content (AvgIpc) is 2.46. The Labute approximate surface area is 112 Å². The Hall–Kier alpha value is -2.35. The van der Waals surface area contributed by atoms with Crippen LogP contribution in [0.15, 0.2) is 54.6 Å². The van der Waals surface area contributed by atoms with E-state index in [-0.39, 0.29) is 0 Å². The molecule has 0 saturated carbocycles. The molecule has 0 atom stereocenters. The Morgan fingerprint density at radius 3 is 2.68 bits per heavy atom. The summed E-state index contributed by atoms with van der Waals surface area (Å²) in [4.78, 5) is 4.71. The Balaban J connectivity index is 2.12. The van der Waals surface area contributed by atoms with E-state index in [2.05, 4.69) is 37.3 Å². The van der Waals surface area contributed by atoms with Gasteiger partial charge in [-0.15, -0.1) is 0 Å². The first-order chi connectivity index (χ1) is 9.26. The molecule has 0 N–H and O–H groups in total. The first-order valence-electron chi connectivity index (χ1n) is 6.28. The van der Waals surface area contributed by atoms with Gasteiger partial charge in [-0.3, -0.25) is 0 Å². The fraction of sp³-hybridized carbons (Fsp3) is 0.118. The summed E-state index contributed by atoms with van der Waals surface area (Å²) in [6.07, 6.45) is 0. The highest BCUT2D eigenvalue weighted by Gasteiger charge is 2.03. The molecule has 0 bridgehead atoms. The number of aryl methyl sites for hydroxylation is 1. The third-order valence-corrected chi connectivity index (χ3v) is 3.21. The van der Waals surface area contributed by atoms with E-state index in [1.54, 1.807) is 7.11 Å². The average molecular weight is 249 g/mol. The first-order valence-corrected chi connectivity index (χ1v) is 6.28. The molecule has 2 nitrogen and oxygen atoms in total. The summed E-state index contributed by atoms with van der Waals surface area (Å²) in [5.74, 6) is 0.850. The number of ether oxygens (including phenoxy) is 1. The van der Waals surface area contributed by atoms with Crippen molar-refractivity contribution in [2.45, 2.75) is 6.92 Å². The number of rotatable bonds is 2. The number of hydrogen-bond acceptors (Lipinski definition) is 2. The molecule has 0 fully saturated rings. The van der Waals surface area contributed by atoms with Crippen molar-refractivity contribution < 1.29 is 4.74 Å². The van der Waals surface area contributed by atoms with Gasteiger partial charge in [0.15, 0.2) is 0 Å². The van der Waals surface area contributed by atoms with E-state index in [9.17, 15) is 0 Å². The molecule has 0 aliphatic rings. The predicted molar refractivity (Wildman–Crippen MR) is 78.5 cm³/mol. The molecule has 0 spiro atoms. The van der Waals surface area contributed by atoms with Crippen LogP contribution in [0, 0.1) is 6.92 Å². The Kier molecular flexibility index (Phi) is 2.92. The number of benzene rings is 2. The number of aromatic nitrogens is 1. The normalized spacial score (nSPS) is 10.6. The second kappa shape index (κ2) is 4.73. The zero-order chi connectivity index (χ0) is 13.2. The van der Waals surface area contributed by atoms with Crippen LogP contribution in [-0.4, -0.2) is 12.1 Å². The van der Waals surface area contributed by atoms with Gasteiger partial charge in [0.25, 0.3) is 0 Å². The molecule has 1 aromatic heterocycles. The van der Waals surface area contributed by atoms with Crippen LogP contribution in [0.4, 0.5) is 0 Å². The topological polar surface area (TPSA) is 22.1 Å². The van der Waals surface area contributed by atoms with Gasteiger partial charge in [0.1, 0.15) is 5.75 Å². The van der Waals surface area contributed by atoms with Gasteiger partial charge in [0.2, 0.25) is 0 Å². The van der Waals surface area contributed by atoms with Crippen LogP contribution in [0.2, 0.25) is 0 Å². The molecule has 2 heteroatoms. The van der Waals surface area contributed by atoms with Crippen molar-refractivity contribution in [3.63, 3.8) is 0 Å². The van der Waals surface area contributed by atoms with Crippen molar-refractivity contribution >= 4 is 10.9 Å². The van der Waals surface area contributed by atoms with Crippen LogP contribution in [0.3, 0.4) is 0 Å². The van der Waals surface area contributed by atoms with Crippen molar-refractivity contribution in [1.29, 1.82) is 0 Å². The molecule has 1 heterocycles. The van der Waals surface area contributed by atoms with E-state index in [0.717, 1.165) is 22.5 Å². The minimum atomic E-state index is 0.850. The molecule has 94 valence electrons. The molecule has 0 unspecified atom stereocenters. The smallest absolute Gasteiger partial charge is 0.119 e. The number of methoxy groups -OCH3 is 1. The molecule has 2 aromatic carbocycles. The van der Waals surface area contributed by atoms with Gasteiger partial charge in [-0.2, -0.15) is 0 Å². The lowest BCUT2D eigenvalue weighted by molar-refractivity contribution is 0.415. The van der Waals surface area contributed by atoms with E-state index in [4.69, 9.17) is 9.72 Å². The van der Waals surface area contributed by atoms with Crippen LogP contribution < -0.4 is 4.74 Å². The predicted octanol–water partition coefficient (Wildman–Crippen LogP) is 4.22. The number of nitrogens with zero attached hydrogens (tertiary/aromatic N) is 1. The van der Waals surface area contributed by atoms with Gasteiger partial charge in [-0.25, -0.2) is 4.98 Å². The van der Waals surface area contributed by atoms with Crippen LogP contribution in [-0.2, 0) is 0 Å². The third-order valence-electron chi connectivity index (χ3n) is 3.21. The third kappa shape index (κ3) is 2.29. The molecule has 3 rings (SSSR count). The summed E-state index contributed by atoms with van der Waals surface area (Å²) in [6, 6.07) is 18.4. The highest BCUT2D eigenvalue weighted by molar-refractivity contribution is 5.82. The number of pyridine rings is 1. The zero-order valence-electron chi connectivity index (χ0n) is 11.1. The largest absolute Gasteiger partial charge is 0.497 e. The molecule has 0 amide bonds. The van der Waals surface area contributed by atoms with Crippen molar-refractivity contribution in [3.8, 4) is 17.0 Å². The van der Waals surface area contributed by atoms with Gasteiger partial charge in [-0.05, 0) is 37.3 Å². The van der Waals surface area contributed by atoms with Crippen LogP contribution in [0.1, 0.15) is 5.56 Å². The Bertz CT molecular complexity index is 734. The standard InChI is InChI=1S/C17H15NO/c1-12-6-8-16-14(10-12)7-9-17(18-16)13-4-3-5-15(11-13)19-2/h3-11H,1-2H3. The van der Waals surface area contributed by atoms with Gasteiger partial charge in [0, 0.05) is 10.9 Å². The van der Waals surface area contributed by atoms with E-state index >= 15 is 0 Å². The SMILES string of the molecule is COc1cccc(-c2ccc3cc(C)ccc3n2)c1. The molecule has 0 aliphatic carbocycles. The van der Waals surface area contributed by atoms with Crippen molar-refractivity contribution in [3.05, 3.63) is 60.2 Å². The minimum Gasteiger partial charge on any atom is -0.497 e. The van der Waals surface area contributed by atoms with Gasteiger partial charge in [0.05, 0.1) is 18.3 Å². The van der Waals surface area contributed by atoms with E-state index in [1.165, 1.54) is 10.9 Å². The summed E-state index contributed by atoms with van der Waals surface area (Å²) in [7, 11) is 1.68. The van der Waals surface area contributed by atoms with Crippen molar-refractivity contribution in [2.24, 2.45) is 0 Å². The summed E-state index contributed by atoms with van der Waals surface area (Å²) < 4.78 is 5.25. The number of fused-ring (bicyclic) bond motifs is 1. The maximum Gasteiger partial charge on any atom is 0.119 e. The van der Waals surface area contributed by atoms with Crippen LogP contribution >= 0.6 is 0 Å². The highest BCUT2D eigenvalue weighted by Crippen LogP contribution is 2.24. The second-order valence-corrected chi connectivity index (χ2v) is 4.62. The maximum atomic E-state index is 5.25. The Morgan fingerprint density at radius 1 is 0.947 bits per heavy atom. The molecular weight excluding hydrogens is 234 g/mol. The monoisotopic (exact) mass is 249 g/mol. The first kappa shape index (κ1) is 11.7. The second-order valence-electron chi connectivity index (χ2n) is 4.62. The van der Waals surface area contributed by atoms with Crippen molar-refractivity contribution in [1.82, 2.24) is 4.98 Å². The molecule has 0 saturated heterocycles. The lowest BCUT2D eigenvalue weighted by atomic mass is 10.1. The fourth-order valence-electron chi connectivity index (χ4n) is 2.19. The number of hydrogen-bond donors (Lipinski definition) is 0. The van der Waals surface area contributed by atoms with Gasteiger partial charge >= 0.3 is 0 Å². The zero-order valence-corrected chi connectivity index (χ0v) is 11.1. The summed E-state index contributed by atoms with van der Waals surface area (Å²) in [5, 5.41) is 1.17. The van der Waals surface area contributed by atoms with Gasteiger partial charge < -0.3 is 4.74 Å². The lowest BCUT2D eigenvalue weighted by Gasteiger charge is -2.06. The van der Waals surface area contributed by atoms with Gasteiger partial charge in [-0.1, -0.05) is 29.8 Å². The Morgan fingerprint density at radius 2 is 1.84 bits per heavy atom. The maximum absolute atomic E-state index is 5.25. The molecule has 0 radical (unpaired) electrons. The lowest BCUT2D eigenvalue weighted by Crippen LogP contribution is -1.87. The molecule has 0 aliphatic heterocycles. The molecular formula is C17H15NO. The van der Waals surface area contributed by atoms with Crippen molar-refractivity contribution in [2.75, 3.05) is 7.11 Å². The van der Waals surface area contributed by atoms with Crippen LogP contribution in [0.25, 0.3) is 22.2 Å². The van der Waals surface area contributed by atoms with Crippen LogP contribution in [0.5, 0.6) is 5.75 Å². The van der Waals surface area contributed by atoms with E-state index in [1.807, 2.05) is 24.3 Å². The van der Waals surface area contributed by atoms with E-state index in [0.29, 0.717) is 0 Å². The highest BCUT2D eigenvalue weighted by atomic mass is 16.5. The summed E-state index contributed by atoms with van der Waals surface area (Å²) >= 11 is 0. The summed E-state index contributed by atoms with van der Waals surface area (Å²) in [5.41, 5.74) is 4.31. The molecule has 3 aromatic rings.